The van der Waals surface area contributed by atoms with Gasteiger partial charge in [0.05, 0.1) is 0 Å². The molecular formula is C22H21NO4. The summed E-state index contributed by atoms with van der Waals surface area (Å²) >= 11 is 0. The van der Waals surface area contributed by atoms with Crippen molar-refractivity contribution in [3.8, 4) is 16.9 Å². The molecule has 1 atom stereocenters. The molecule has 27 heavy (non-hydrogen) atoms. The molecule has 0 spiro atoms. The van der Waals surface area contributed by atoms with E-state index in [0.29, 0.717) is 6.42 Å². The van der Waals surface area contributed by atoms with Crippen molar-refractivity contribution in [3.05, 3.63) is 88.5 Å². The normalized spacial score (nSPS) is 11.7. The van der Waals surface area contributed by atoms with Crippen LogP contribution in [0.3, 0.4) is 0 Å². The molecule has 1 amide bonds. The Balaban J connectivity index is 1.67. The third-order valence-corrected chi connectivity index (χ3v) is 4.41. The maximum atomic E-state index is 12.3. The first-order valence-corrected chi connectivity index (χ1v) is 8.84. The van der Waals surface area contributed by atoms with E-state index in [9.17, 15) is 14.7 Å². The Kier molecular flexibility index (Phi) is 5.71. The summed E-state index contributed by atoms with van der Waals surface area (Å²) in [5.41, 5.74) is 2.76. The summed E-state index contributed by atoms with van der Waals surface area (Å²) in [4.78, 5) is 23.7. The molecule has 5 nitrogen and oxygen atoms in total. The van der Waals surface area contributed by atoms with Gasteiger partial charge >= 0.3 is 0 Å². The number of nitrogens with one attached hydrogen (secondary N) is 1. The van der Waals surface area contributed by atoms with Crippen LogP contribution in [-0.4, -0.2) is 17.1 Å². The molecule has 0 saturated carbocycles. The van der Waals surface area contributed by atoms with Gasteiger partial charge in [-0.2, -0.15) is 0 Å². The van der Waals surface area contributed by atoms with Gasteiger partial charge in [-0.3, -0.25) is 9.59 Å². The van der Waals surface area contributed by atoms with E-state index in [2.05, 4.69) is 41.7 Å². The van der Waals surface area contributed by atoms with Gasteiger partial charge in [0.1, 0.15) is 6.26 Å². The van der Waals surface area contributed by atoms with Crippen molar-refractivity contribution < 1.29 is 14.3 Å². The Labute approximate surface area is 157 Å². The summed E-state index contributed by atoms with van der Waals surface area (Å²) in [5, 5.41) is 12.1. The molecule has 3 rings (SSSR count). The molecule has 0 fully saturated rings. The zero-order valence-electron chi connectivity index (χ0n) is 15.0. The van der Waals surface area contributed by atoms with Crippen LogP contribution in [0.2, 0.25) is 0 Å². The highest BCUT2D eigenvalue weighted by Gasteiger charge is 2.16. The van der Waals surface area contributed by atoms with Crippen molar-refractivity contribution in [3.63, 3.8) is 0 Å². The number of rotatable bonds is 6. The minimum absolute atomic E-state index is 0.0980. The molecule has 0 unspecified atom stereocenters. The van der Waals surface area contributed by atoms with E-state index in [1.807, 2.05) is 25.1 Å². The second-order valence-electron chi connectivity index (χ2n) is 6.34. The fraction of sp³-hybridized carbons (Fsp3) is 0.182. The Morgan fingerprint density at radius 2 is 1.74 bits per heavy atom. The molecule has 1 aromatic heterocycles. The van der Waals surface area contributed by atoms with Crippen LogP contribution in [0.25, 0.3) is 11.1 Å². The first-order chi connectivity index (χ1) is 13.1. The highest BCUT2D eigenvalue weighted by Crippen LogP contribution is 2.20. The van der Waals surface area contributed by atoms with Gasteiger partial charge in [0.15, 0.2) is 11.5 Å². The van der Waals surface area contributed by atoms with Crippen molar-refractivity contribution in [1.82, 2.24) is 5.32 Å². The van der Waals surface area contributed by atoms with Crippen molar-refractivity contribution in [2.24, 2.45) is 0 Å². The quantitative estimate of drug-likeness (QED) is 0.699. The number of hydrogen-bond acceptors (Lipinski definition) is 4. The standard InChI is InChI=1S/C22H21NO4/c1-2-18(23-22(26)21-13-19(24)20(25)14-27-21)12-15-8-10-17(11-9-15)16-6-4-3-5-7-16/h3-11,13-14,18,25H,2,12H2,1H3,(H,23,26)/t18-/m1/s1. The summed E-state index contributed by atoms with van der Waals surface area (Å²) in [6.07, 6.45) is 2.27. The highest BCUT2D eigenvalue weighted by molar-refractivity contribution is 5.91. The number of amides is 1. The largest absolute Gasteiger partial charge is 0.502 e. The lowest BCUT2D eigenvalue weighted by atomic mass is 9.99. The second kappa shape index (κ2) is 8.36. The SMILES string of the molecule is CC[C@H](Cc1ccc(-c2ccccc2)cc1)NC(=O)c1cc(=O)c(O)co1. The molecule has 5 heteroatoms. The summed E-state index contributed by atoms with van der Waals surface area (Å²) < 4.78 is 5.00. The highest BCUT2D eigenvalue weighted by atomic mass is 16.4. The molecule has 2 aromatic carbocycles. The maximum Gasteiger partial charge on any atom is 0.287 e. The van der Waals surface area contributed by atoms with Gasteiger partial charge in [-0.15, -0.1) is 0 Å². The topological polar surface area (TPSA) is 79.5 Å². The number of carbonyl (C=O) groups is 1. The third-order valence-electron chi connectivity index (χ3n) is 4.41. The summed E-state index contributed by atoms with van der Waals surface area (Å²) in [5.74, 6) is -1.10. The second-order valence-corrected chi connectivity index (χ2v) is 6.34. The molecule has 0 aliphatic rings. The molecule has 3 aromatic rings. The van der Waals surface area contributed by atoms with Gasteiger partial charge in [0, 0.05) is 12.1 Å². The number of aromatic hydroxyl groups is 1. The summed E-state index contributed by atoms with van der Waals surface area (Å²) in [6.45, 7) is 1.98. The van der Waals surface area contributed by atoms with Crippen LogP contribution >= 0.6 is 0 Å². The van der Waals surface area contributed by atoms with Crippen LogP contribution in [0.1, 0.15) is 29.5 Å². The van der Waals surface area contributed by atoms with E-state index in [0.717, 1.165) is 35.4 Å². The lowest BCUT2D eigenvalue weighted by Gasteiger charge is -2.17. The molecule has 0 aliphatic heterocycles. The molecule has 0 aliphatic carbocycles. The minimum atomic E-state index is -0.643. The van der Waals surface area contributed by atoms with Crippen LogP contribution in [0.15, 0.2) is 76.1 Å². The number of carbonyl (C=O) groups excluding carboxylic acids is 1. The molecule has 0 bridgehead atoms. The summed E-state index contributed by atoms with van der Waals surface area (Å²) in [7, 11) is 0. The molecule has 1 heterocycles. The molecular weight excluding hydrogens is 342 g/mol. The summed E-state index contributed by atoms with van der Waals surface area (Å²) in [6, 6.07) is 19.3. The van der Waals surface area contributed by atoms with Crippen molar-refractivity contribution in [2.45, 2.75) is 25.8 Å². The molecule has 0 radical (unpaired) electrons. The van der Waals surface area contributed by atoms with Crippen LogP contribution in [0.4, 0.5) is 0 Å². The van der Waals surface area contributed by atoms with E-state index >= 15 is 0 Å². The smallest absolute Gasteiger partial charge is 0.287 e. The fourth-order valence-corrected chi connectivity index (χ4v) is 2.83. The Hall–Kier alpha value is -3.34. The van der Waals surface area contributed by atoms with Gasteiger partial charge in [-0.05, 0) is 29.5 Å². The maximum absolute atomic E-state index is 12.3. The minimum Gasteiger partial charge on any atom is -0.502 e. The zero-order valence-corrected chi connectivity index (χ0v) is 15.0. The van der Waals surface area contributed by atoms with Gasteiger partial charge < -0.3 is 14.8 Å². The lowest BCUT2D eigenvalue weighted by molar-refractivity contribution is 0.0904. The van der Waals surface area contributed by atoms with E-state index < -0.39 is 17.1 Å². The van der Waals surface area contributed by atoms with E-state index in [4.69, 9.17) is 4.42 Å². The van der Waals surface area contributed by atoms with Crippen LogP contribution in [-0.2, 0) is 6.42 Å². The third kappa shape index (κ3) is 4.64. The predicted octanol–water partition coefficient (Wildman–Crippen LogP) is 3.76. The van der Waals surface area contributed by atoms with E-state index in [-0.39, 0.29) is 11.8 Å². The van der Waals surface area contributed by atoms with Gasteiger partial charge in [-0.1, -0.05) is 61.5 Å². The monoisotopic (exact) mass is 363 g/mol. The average molecular weight is 363 g/mol. The Morgan fingerprint density at radius 3 is 2.37 bits per heavy atom. The van der Waals surface area contributed by atoms with Crippen LogP contribution in [0.5, 0.6) is 5.75 Å². The lowest BCUT2D eigenvalue weighted by Crippen LogP contribution is -2.36. The van der Waals surface area contributed by atoms with Gasteiger partial charge in [0.2, 0.25) is 5.43 Å². The van der Waals surface area contributed by atoms with Gasteiger partial charge in [-0.25, -0.2) is 0 Å². The molecule has 2 N–H and O–H groups in total. The predicted molar refractivity (Wildman–Crippen MR) is 104 cm³/mol. The molecule has 0 saturated heterocycles. The van der Waals surface area contributed by atoms with Crippen molar-refractivity contribution >= 4 is 5.91 Å². The Bertz CT molecular complexity index is 962. The van der Waals surface area contributed by atoms with Crippen LogP contribution in [0, 0.1) is 0 Å². The fourth-order valence-electron chi connectivity index (χ4n) is 2.83. The molecule has 138 valence electrons. The first-order valence-electron chi connectivity index (χ1n) is 8.84. The number of benzene rings is 2. The average Bonchev–Trinajstić information content (AvgIpc) is 2.70. The van der Waals surface area contributed by atoms with Crippen LogP contribution < -0.4 is 10.7 Å². The van der Waals surface area contributed by atoms with Crippen molar-refractivity contribution in [1.29, 1.82) is 0 Å². The van der Waals surface area contributed by atoms with Crippen molar-refractivity contribution in [2.75, 3.05) is 0 Å². The van der Waals surface area contributed by atoms with E-state index in [1.165, 1.54) is 0 Å². The Morgan fingerprint density at radius 1 is 1.07 bits per heavy atom. The van der Waals surface area contributed by atoms with Gasteiger partial charge in [0.25, 0.3) is 5.91 Å². The van der Waals surface area contributed by atoms with E-state index in [1.54, 1.807) is 0 Å². The number of hydrogen-bond donors (Lipinski definition) is 2. The zero-order chi connectivity index (χ0) is 19.2. The first kappa shape index (κ1) is 18.5.